The van der Waals surface area contributed by atoms with Gasteiger partial charge in [-0.15, -0.1) is 0 Å². The number of Topliss-reactive ketones (excluding diaryl/α,β-unsaturated/α-hetero) is 1. The van der Waals surface area contributed by atoms with E-state index in [4.69, 9.17) is 14.2 Å². The van der Waals surface area contributed by atoms with E-state index in [1.54, 1.807) is 5.57 Å². The summed E-state index contributed by atoms with van der Waals surface area (Å²) >= 11 is 0. The third-order valence-corrected chi connectivity index (χ3v) is 16.7. The molecule has 4 saturated carbocycles. The minimum Gasteiger partial charge on any atom is -0.458 e. The Bertz CT molecular complexity index is 1400. The number of ether oxygens (including phenoxy) is 3. The fraction of sp³-hybridized carbons (Fsp3) is 0.884. The van der Waals surface area contributed by atoms with E-state index in [9.17, 15) is 14.7 Å². The minimum atomic E-state index is -0.699. The van der Waals surface area contributed by atoms with Crippen molar-refractivity contribution in [3.63, 3.8) is 0 Å². The number of aliphatic hydroxyl groups is 1. The maximum atomic E-state index is 15.1. The average Bonchev–Trinajstić information content (AvgIpc) is 3.02. The molecule has 0 spiro atoms. The van der Waals surface area contributed by atoms with Crippen LogP contribution in [-0.4, -0.2) is 53.3 Å². The van der Waals surface area contributed by atoms with Gasteiger partial charge >= 0.3 is 11.9 Å². The van der Waals surface area contributed by atoms with Crippen molar-refractivity contribution in [3.05, 3.63) is 11.6 Å². The Morgan fingerprint density at radius 1 is 0.840 bits per heavy atom. The molecule has 0 aromatic carbocycles. The summed E-state index contributed by atoms with van der Waals surface area (Å²) in [5, 5.41) is 11.1. The smallest absolute Gasteiger partial charge is 0.303 e. The topological polar surface area (TPSA) is 99.1 Å². The van der Waals surface area contributed by atoms with Gasteiger partial charge in [0.1, 0.15) is 11.9 Å². The largest absolute Gasteiger partial charge is 0.458 e. The van der Waals surface area contributed by atoms with Gasteiger partial charge in [0.15, 0.2) is 6.10 Å². The average molecular weight is 697 g/mol. The molecular weight excluding hydrogens is 628 g/mol. The Kier molecular flexibility index (Phi) is 9.65. The summed E-state index contributed by atoms with van der Waals surface area (Å²) in [6.07, 6.45) is 11.2. The fourth-order valence-electron chi connectivity index (χ4n) is 13.5. The number of ketones is 1. The highest BCUT2D eigenvalue weighted by Crippen LogP contribution is 2.76. The van der Waals surface area contributed by atoms with Gasteiger partial charge in [-0.25, -0.2) is 0 Å². The van der Waals surface area contributed by atoms with Crippen LogP contribution >= 0.6 is 0 Å². The van der Waals surface area contributed by atoms with Crippen LogP contribution in [0.5, 0.6) is 0 Å². The van der Waals surface area contributed by atoms with Crippen LogP contribution in [0.25, 0.3) is 0 Å². The van der Waals surface area contributed by atoms with Crippen molar-refractivity contribution < 1.29 is 33.7 Å². The van der Waals surface area contributed by atoms with Gasteiger partial charge in [0, 0.05) is 31.6 Å². The Labute approximate surface area is 302 Å². The molecule has 5 fully saturated rings. The third kappa shape index (κ3) is 5.67. The number of aliphatic hydroxyl groups excluding tert-OH is 1. The van der Waals surface area contributed by atoms with Gasteiger partial charge in [0.25, 0.3) is 0 Å². The monoisotopic (exact) mass is 696 g/mol. The highest BCUT2D eigenvalue weighted by atomic mass is 16.6. The standard InChI is InChI=1S/C43H68O7/c1-12-30-37(49-27(4)45)36(48-26(3)44)25(2)31(50-30)23-35(47)43-21-19-38(5,6)24-29(43)28-13-14-33-40(9)17-16-34(46)39(7,8)32(40)15-18-42(33,11)41(28,10)20-22-43/h13,25,29-34,36-37,46H,12,14-24H2,1-11H3/t25-,29?,30?,31+,32?,33?,34-,36?,37+,40-,41+,42+,43-/m0/s1. The molecule has 50 heavy (non-hydrogen) atoms. The number of fused-ring (bicyclic) bond motifs is 7. The van der Waals surface area contributed by atoms with E-state index < -0.39 is 41.8 Å². The van der Waals surface area contributed by atoms with E-state index in [2.05, 4.69) is 54.5 Å². The van der Waals surface area contributed by atoms with Gasteiger partial charge in [-0.2, -0.15) is 0 Å². The molecule has 6 aliphatic rings. The first-order valence-corrected chi connectivity index (χ1v) is 20.1. The van der Waals surface area contributed by atoms with E-state index >= 15 is 4.79 Å². The summed E-state index contributed by atoms with van der Waals surface area (Å²) in [5.74, 6) is 0.398. The zero-order valence-corrected chi connectivity index (χ0v) is 33.2. The zero-order chi connectivity index (χ0) is 36.8. The molecule has 13 atom stereocenters. The number of carbonyl (C=O) groups is 3. The first-order valence-electron chi connectivity index (χ1n) is 20.1. The first kappa shape index (κ1) is 38.0. The lowest BCUT2D eigenvalue weighted by atomic mass is 9.33. The Morgan fingerprint density at radius 3 is 2.12 bits per heavy atom. The lowest BCUT2D eigenvalue weighted by Crippen LogP contribution is -2.65. The highest BCUT2D eigenvalue weighted by molar-refractivity contribution is 5.86. The van der Waals surface area contributed by atoms with E-state index in [1.807, 2.05) is 13.8 Å². The van der Waals surface area contributed by atoms with Gasteiger partial charge in [-0.3, -0.25) is 14.4 Å². The van der Waals surface area contributed by atoms with E-state index in [0.717, 1.165) is 57.8 Å². The predicted octanol–water partition coefficient (Wildman–Crippen LogP) is 8.79. The molecule has 6 rings (SSSR count). The van der Waals surface area contributed by atoms with E-state index in [1.165, 1.54) is 20.3 Å². The lowest BCUT2D eigenvalue weighted by Gasteiger charge is -2.71. The molecule has 7 nitrogen and oxygen atoms in total. The lowest BCUT2D eigenvalue weighted by molar-refractivity contribution is -0.225. The maximum Gasteiger partial charge on any atom is 0.303 e. The van der Waals surface area contributed by atoms with Crippen molar-refractivity contribution in [1.29, 1.82) is 0 Å². The summed E-state index contributed by atoms with van der Waals surface area (Å²) in [7, 11) is 0. The van der Waals surface area contributed by atoms with Crippen LogP contribution in [0.1, 0.15) is 153 Å². The molecule has 0 aromatic heterocycles. The molecule has 1 heterocycles. The number of allylic oxidation sites excluding steroid dienone is 2. The molecule has 0 aromatic rings. The van der Waals surface area contributed by atoms with Crippen LogP contribution in [0.15, 0.2) is 11.6 Å². The molecule has 282 valence electrons. The number of hydrogen-bond acceptors (Lipinski definition) is 7. The normalized spacial score (nSPS) is 47.7. The summed E-state index contributed by atoms with van der Waals surface area (Å²) < 4.78 is 18.1. The SMILES string of the molecule is CCC1O[C@H](CC(=O)[C@]23CCC(C)(C)CC2C2=CCC4[C@@]5(C)CC[C@H](O)C(C)(C)C5CC[C@@]4(C)[C@]2(C)CC3)[C@H](C)C(OC(C)=O)[C@@H]1OC(C)=O. The van der Waals surface area contributed by atoms with E-state index in [-0.39, 0.29) is 51.4 Å². The van der Waals surface area contributed by atoms with Crippen LogP contribution in [0.3, 0.4) is 0 Å². The van der Waals surface area contributed by atoms with Gasteiger partial charge in [-0.1, -0.05) is 74.0 Å². The highest BCUT2D eigenvalue weighted by Gasteiger charge is 2.69. The molecule has 0 amide bonds. The molecular formula is C43H68O7. The predicted molar refractivity (Wildman–Crippen MR) is 194 cm³/mol. The molecule has 0 bridgehead atoms. The Balaban J connectivity index is 1.33. The Hall–Kier alpha value is -1.73. The van der Waals surface area contributed by atoms with Crippen molar-refractivity contribution in [1.82, 2.24) is 0 Å². The molecule has 1 saturated heterocycles. The van der Waals surface area contributed by atoms with Crippen molar-refractivity contribution in [3.8, 4) is 0 Å². The zero-order valence-electron chi connectivity index (χ0n) is 33.2. The van der Waals surface area contributed by atoms with Crippen LogP contribution < -0.4 is 0 Å². The number of rotatable bonds is 6. The van der Waals surface area contributed by atoms with Gasteiger partial charge < -0.3 is 19.3 Å². The molecule has 7 heteroatoms. The van der Waals surface area contributed by atoms with Gasteiger partial charge in [0.2, 0.25) is 0 Å². The van der Waals surface area contributed by atoms with Crippen molar-refractivity contribution in [2.75, 3.05) is 0 Å². The second kappa shape index (κ2) is 12.7. The summed E-state index contributed by atoms with van der Waals surface area (Å²) in [6, 6.07) is 0. The quantitative estimate of drug-likeness (QED) is 0.219. The molecule has 5 unspecified atom stereocenters. The van der Waals surface area contributed by atoms with Crippen molar-refractivity contribution in [2.24, 2.45) is 56.2 Å². The van der Waals surface area contributed by atoms with Gasteiger partial charge in [-0.05, 0) is 115 Å². The minimum absolute atomic E-state index is 0.0194. The van der Waals surface area contributed by atoms with Crippen LogP contribution in [0.2, 0.25) is 0 Å². The van der Waals surface area contributed by atoms with Crippen molar-refractivity contribution in [2.45, 2.75) is 184 Å². The number of carbonyl (C=O) groups excluding carboxylic acids is 3. The number of hydrogen-bond donors (Lipinski definition) is 1. The molecule has 1 aliphatic heterocycles. The van der Waals surface area contributed by atoms with Crippen LogP contribution in [0, 0.1) is 56.2 Å². The fourth-order valence-corrected chi connectivity index (χ4v) is 13.5. The van der Waals surface area contributed by atoms with E-state index in [0.29, 0.717) is 24.0 Å². The molecule has 0 radical (unpaired) electrons. The Morgan fingerprint density at radius 2 is 1.48 bits per heavy atom. The second-order valence-electron chi connectivity index (χ2n) is 20.0. The maximum absolute atomic E-state index is 15.1. The first-order chi connectivity index (χ1) is 23.2. The third-order valence-electron chi connectivity index (χ3n) is 16.7. The van der Waals surface area contributed by atoms with Crippen LogP contribution in [-0.2, 0) is 28.6 Å². The second-order valence-corrected chi connectivity index (χ2v) is 20.0. The molecule has 5 aliphatic carbocycles. The summed E-state index contributed by atoms with van der Waals surface area (Å²) in [4.78, 5) is 39.5. The van der Waals surface area contributed by atoms with Crippen molar-refractivity contribution >= 4 is 17.7 Å². The summed E-state index contributed by atoms with van der Waals surface area (Å²) in [6.45, 7) is 23.8. The molecule has 1 N–H and O–H groups in total. The number of esters is 2. The van der Waals surface area contributed by atoms with Gasteiger partial charge in [0.05, 0.1) is 18.3 Å². The summed E-state index contributed by atoms with van der Waals surface area (Å²) in [5.41, 5.74) is 1.53. The van der Waals surface area contributed by atoms with Crippen LogP contribution in [0.4, 0.5) is 0 Å².